The van der Waals surface area contributed by atoms with Gasteiger partial charge < -0.3 is 5.32 Å². The van der Waals surface area contributed by atoms with Crippen molar-refractivity contribution < 1.29 is 18.0 Å². The van der Waals surface area contributed by atoms with Crippen LogP contribution in [0.4, 0.5) is 11.4 Å². The molecule has 130 valence electrons. The summed E-state index contributed by atoms with van der Waals surface area (Å²) in [7, 11) is -3.65. The molecule has 2 aromatic carbocycles. The van der Waals surface area contributed by atoms with Gasteiger partial charge in [-0.3, -0.25) is 9.59 Å². The standard InChI is InChI=1S/C17H15BrN2O4S/c1-11-10-25(23,24)20(17(11)22)15-8-2-12(3-9-15)16(21)19-14-6-4-13(18)5-7-14/h2-9,11H,10H2,1H3,(H,19,21). The fourth-order valence-corrected chi connectivity index (χ4v) is 4.66. The van der Waals surface area contributed by atoms with Crippen LogP contribution >= 0.6 is 15.9 Å². The average molecular weight is 423 g/mol. The lowest BCUT2D eigenvalue weighted by Crippen LogP contribution is -2.30. The summed E-state index contributed by atoms with van der Waals surface area (Å²) in [6, 6.07) is 13.0. The number of nitrogens with one attached hydrogen (secondary N) is 1. The van der Waals surface area contributed by atoms with E-state index in [4.69, 9.17) is 0 Å². The number of anilines is 2. The summed E-state index contributed by atoms with van der Waals surface area (Å²) in [6.07, 6.45) is 0. The van der Waals surface area contributed by atoms with Crippen molar-refractivity contribution in [3.63, 3.8) is 0 Å². The van der Waals surface area contributed by atoms with Crippen molar-refractivity contribution >= 4 is 49.1 Å². The Kier molecular flexibility index (Phi) is 4.66. The van der Waals surface area contributed by atoms with E-state index in [0.717, 1.165) is 8.78 Å². The molecule has 1 heterocycles. The second-order valence-electron chi connectivity index (χ2n) is 5.79. The molecule has 1 atom stereocenters. The molecule has 6 nitrogen and oxygen atoms in total. The van der Waals surface area contributed by atoms with Crippen LogP contribution in [0.1, 0.15) is 17.3 Å². The molecule has 2 aromatic rings. The monoisotopic (exact) mass is 422 g/mol. The molecule has 0 aromatic heterocycles. The number of sulfonamides is 1. The lowest BCUT2D eigenvalue weighted by atomic mass is 10.1. The van der Waals surface area contributed by atoms with Gasteiger partial charge in [-0.15, -0.1) is 0 Å². The number of carbonyl (C=O) groups is 2. The maximum absolute atomic E-state index is 12.3. The number of hydrogen-bond donors (Lipinski definition) is 1. The molecular formula is C17H15BrN2O4S. The van der Waals surface area contributed by atoms with Gasteiger partial charge in [0.1, 0.15) is 0 Å². The Morgan fingerprint density at radius 3 is 2.24 bits per heavy atom. The zero-order valence-corrected chi connectivity index (χ0v) is 15.7. The number of amides is 2. The molecule has 1 saturated heterocycles. The summed E-state index contributed by atoms with van der Waals surface area (Å²) in [5.74, 6) is -1.53. The van der Waals surface area contributed by atoms with Crippen molar-refractivity contribution in [2.24, 2.45) is 5.92 Å². The van der Waals surface area contributed by atoms with Crippen LogP contribution < -0.4 is 9.62 Å². The smallest absolute Gasteiger partial charge is 0.255 e. The van der Waals surface area contributed by atoms with E-state index in [0.29, 0.717) is 11.3 Å². The number of nitrogens with zero attached hydrogens (tertiary/aromatic N) is 1. The predicted octanol–water partition coefficient (Wildman–Crippen LogP) is 3.01. The van der Waals surface area contributed by atoms with Crippen molar-refractivity contribution in [3.8, 4) is 0 Å². The van der Waals surface area contributed by atoms with E-state index in [9.17, 15) is 18.0 Å². The first-order valence-corrected chi connectivity index (χ1v) is 9.92. The number of carbonyl (C=O) groups excluding carboxylic acids is 2. The first kappa shape index (κ1) is 17.6. The predicted molar refractivity (Wildman–Crippen MR) is 99.0 cm³/mol. The van der Waals surface area contributed by atoms with Crippen LogP contribution in [0, 0.1) is 5.92 Å². The summed E-state index contributed by atoms with van der Waals surface area (Å²) in [5, 5.41) is 2.75. The number of benzene rings is 2. The number of halogens is 1. The van der Waals surface area contributed by atoms with E-state index in [1.165, 1.54) is 24.3 Å². The Bertz CT molecular complexity index is 924. The van der Waals surface area contributed by atoms with Gasteiger partial charge in [-0.25, -0.2) is 12.7 Å². The molecule has 25 heavy (non-hydrogen) atoms. The van der Waals surface area contributed by atoms with Crippen molar-refractivity contribution in [2.45, 2.75) is 6.92 Å². The fraction of sp³-hybridized carbons (Fsp3) is 0.176. The Morgan fingerprint density at radius 1 is 1.12 bits per heavy atom. The average Bonchev–Trinajstić information content (AvgIpc) is 2.77. The van der Waals surface area contributed by atoms with Crippen LogP contribution in [0.2, 0.25) is 0 Å². The lowest BCUT2D eigenvalue weighted by molar-refractivity contribution is -0.119. The summed E-state index contributed by atoms with van der Waals surface area (Å²) in [6.45, 7) is 1.58. The SMILES string of the molecule is CC1CS(=O)(=O)N(c2ccc(C(=O)Nc3ccc(Br)cc3)cc2)C1=O. The van der Waals surface area contributed by atoms with E-state index in [1.807, 2.05) is 12.1 Å². The molecule has 1 aliphatic rings. The van der Waals surface area contributed by atoms with Crippen LogP contribution in [0.5, 0.6) is 0 Å². The van der Waals surface area contributed by atoms with Gasteiger partial charge in [0.2, 0.25) is 15.9 Å². The minimum atomic E-state index is -3.65. The Morgan fingerprint density at radius 2 is 1.72 bits per heavy atom. The number of hydrogen-bond acceptors (Lipinski definition) is 4. The second-order valence-corrected chi connectivity index (χ2v) is 8.57. The minimum Gasteiger partial charge on any atom is -0.322 e. The van der Waals surface area contributed by atoms with Crippen LogP contribution in [0.15, 0.2) is 53.0 Å². The topological polar surface area (TPSA) is 83.6 Å². The molecule has 1 fully saturated rings. The van der Waals surface area contributed by atoms with Gasteiger partial charge in [0, 0.05) is 15.7 Å². The normalized spacial score (nSPS) is 19.0. The quantitative estimate of drug-likeness (QED) is 0.823. The first-order valence-electron chi connectivity index (χ1n) is 7.52. The molecule has 0 bridgehead atoms. The van der Waals surface area contributed by atoms with E-state index in [-0.39, 0.29) is 17.3 Å². The van der Waals surface area contributed by atoms with E-state index < -0.39 is 21.8 Å². The fourth-order valence-electron chi connectivity index (χ4n) is 2.57. The number of rotatable bonds is 3. The molecule has 3 rings (SSSR count). The molecule has 0 aliphatic carbocycles. The summed E-state index contributed by atoms with van der Waals surface area (Å²) >= 11 is 3.32. The molecule has 0 radical (unpaired) electrons. The highest BCUT2D eigenvalue weighted by molar-refractivity contribution is 9.10. The highest BCUT2D eigenvalue weighted by Gasteiger charge is 2.41. The molecule has 1 aliphatic heterocycles. The highest BCUT2D eigenvalue weighted by atomic mass is 79.9. The van der Waals surface area contributed by atoms with Crippen molar-refractivity contribution in [3.05, 3.63) is 58.6 Å². The van der Waals surface area contributed by atoms with E-state index >= 15 is 0 Å². The molecule has 1 unspecified atom stereocenters. The third-order valence-electron chi connectivity index (χ3n) is 3.83. The van der Waals surface area contributed by atoms with Gasteiger partial charge in [-0.1, -0.05) is 22.9 Å². The van der Waals surface area contributed by atoms with Crippen molar-refractivity contribution in [1.29, 1.82) is 0 Å². The Hall–Kier alpha value is -2.19. The van der Waals surface area contributed by atoms with Gasteiger partial charge in [-0.2, -0.15) is 0 Å². The third-order valence-corrected chi connectivity index (χ3v) is 6.22. The van der Waals surface area contributed by atoms with Crippen LogP contribution in [0.3, 0.4) is 0 Å². The van der Waals surface area contributed by atoms with Crippen LogP contribution in [-0.4, -0.2) is 26.0 Å². The van der Waals surface area contributed by atoms with Gasteiger partial charge >= 0.3 is 0 Å². The van der Waals surface area contributed by atoms with E-state index in [1.54, 1.807) is 19.1 Å². The van der Waals surface area contributed by atoms with Gasteiger partial charge in [0.15, 0.2) is 0 Å². The lowest BCUT2D eigenvalue weighted by Gasteiger charge is -2.15. The summed E-state index contributed by atoms with van der Waals surface area (Å²) < 4.78 is 25.9. The van der Waals surface area contributed by atoms with Crippen LogP contribution in [-0.2, 0) is 14.8 Å². The van der Waals surface area contributed by atoms with Gasteiger partial charge in [0.25, 0.3) is 5.91 Å². The zero-order valence-electron chi connectivity index (χ0n) is 13.3. The Balaban J connectivity index is 1.79. The molecule has 8 heteroatoms. The molecule has 0 spiro atoms. The van der Waals surface area contributed by atoms with E-state index in [2.05, 4.69) is 21.2 Å². The first-order chi connectivity index (χ1) is 11.8. The Labute approximate surface area is 154 Å². The zero-order chi connectivity index (χ0) is 18.2. The van der Waals surface area contributed by atoms with Crippen LogP contribution in [0.25, 0.3) is 0 Å². The molecule has 0 saturated carbocycles. The molecule has 1 N–H and O–H groups in total. The third kappa shape index (κ3) is 3.59. The molecule has 2 amide bonds. The summed E-state index contributed by atoms with van der Waals surface area (Å²) in [4.78, 5) is 24.3. The highest BCUT2D eigenvalue weighted by Crippen LogP contribution is 2.28. The maximum atomic E-state index is 12.3. The largest absolute Gasteiger partial charge is 0.322 e. The summed E-state index contributed by atoms with van der Waals surface area (Å²) in [5.41, 5.74) is 1.25. The maximum Gasteiger partial charge on any atom is 0.255 e. The van der Waals surface area contributed by atoms with Gasteiger partial charge in [0.05, 0.1) is 17.4 Å². The second kappa shape index (κ2) is 6.61. The minimum absolute atomic E-state index is 0.197. The van der Waals surface area contributed by atoms with Gasteiger partial charge in [-0.05, 0) is 48.5 Å². The van der Waals surface area contributed by atoms with Crippen molar-refractivity contribution in [2.75, 3.05) is 15.4 Å². The molecular weight excluding hydrogens is 408 g/mol. The van der Waals surface area contributed by atoms with Crippen molar-refractivity contribution in [1.82, 2.24) is 0 Å².